The molecule has 1 saturated heterocycles. The summed E-state index contributed by atoms with van der Waals surface area (Å²) in [4.78, 5) is 14.8. The molecule has 3 atom stereocenters. The second-order valence-electron chi connectivity index (χ2n) is 6.67. The number of nitrogens with zero attached hydrogens (tertiary/aromatic N) is 1. The van der Waals surface area contributed by atoms with Gasteiger partial charge in [0.25, 0.3) is 0 Å². The molecular formula is C21H30NO2. The van der Waals surface area contributed by atoms with Crippen molar-refractivity contribution in [2.24, 2.45) is 5.92 Å². The lowest BCUT2D eigenvalue weighted by Crippen LogP contribution is -2.39. The van der Waals surface area contributed by atoms with Crippen LogP contribution in [0.4, 0.5) is 0 Å². The summed E-state index contributed by atoms with van der Waals surface area (Å²) in [7, 11) is 0. The van der Waals surface area contributed by atoms with E-state index in [0.29, 0.717) is 5.91 Å². The smallest absolute Gasteiger partial charge is 0.226 e. The van der Waals surface area contributed by atoms with Crippen LogP contribution in [-0.2, 0) is 11.2 Å². The summed E-state index contributed by atoms with van der Waals surface area (Å²) >= 11 is 0. The van der Waals surface area contributed by atoms with Crippen molar-refractivity contribution in [1.29, 1.82) is 0 Å². The van der Waals surface area contributed by atoms with E-state index in [-0.39, 0.29) is 32.9 Å². The van der Waals surface area contributed by atoms with Gasteiger partial charge in [-0.15, -0.1) is 0 Å². The Morgan fingerprint density at radius 3 is 2.54 bits per heavy atom. The van der Waals surface area contributed by atoms with Gasteiger partial charge in [-0.3, -0.25) is 4.79 Å². The molecule has 0 bridgehead atoms. The Bertz CT molecular complexity index is 488. The maximum absolute atomic E-state index is 12.7. The van der Waals surface area contributed by atoms with E-state index in [2.05, 4.69) is 23.5 Å². The molecule has 3 heteroatoms. The Morgan fingerprint density at radius 1 is 1.04 bits per heavy atom. The molecule has 24 heavy (non-hydrogen) atoms. The topological polar surface area (TPSA) is 40.5 Å². The Labute approximate surface area is 148 Å². The number of rotatable bonds is 3. The van der Waals surface area contributed by atoms with Crippen LogP contribution in [0.15, 0.2) is 30.3 Å². The molecule has 5 radical (unpaired) electrons. The van der Waals surface area contributed by atoms with Gasteiger partial charge in [0.15, 0.2) is 0 Å². The molecule has 3 nitrogen and oxygen atoms in total. The lowest BCUT2D eigenvalue weighted by molar-refractivity contribution is -0.132. The zero-order valence-corrected chi connectivity index (χ0v) is 14.6. The molecule has 1 heterocycles. The number of hydrogen-bond donors (Lipinski definition) is 1. The normalized spacial score (nSPS) is 27.6. The predicted octanol–water partition coefficient (Wildman–Crippen LogP) is 3.63. The first-order valence-corrected chi connectivity index (χ1v) is 8.60. The SMILES string of the molecule is O=C1C(Cc2ccccc2)CCN1C1[CH]CCCC(O)CC1.[CH2].[CH2]. The summed E-state index contributed by atoms with van der Waals surface area (Å²) in [6.07, 6.45) is 8.59. The van der Waals surface area contributed by atoms with Crippen LogP contribution in [0.1, 0.15) is 44.1 Å². The Balaban J connectivity index is 0.00000144. The van der Waals surface area contributed by atoms with Crippen LogP contribution >= 0.6 is 0 Å². The number of amides is 1. The number of hydrogen-bond acceptors (Lipinski definition) is 2. The molecule has 0 spiro atoms. The van der Waals surface area contributed by atoms with Crippen molar-refractivity contribution in [2.45, 2.75) is 57.1 Å². The van der Waals surface area contributed by atoms with Crippen LogP contribution in [-0.4, -0.2) is 34.6 Å². The van der Waals surface area contributed by atoms with Crippen LogP contribution < -0.4 is 0 Å². The van der Waals surface area contributed by atoms with Crippen molar-refractivity contribution in [1.82, 2.24) is 4.90 Å². The first-order chi connectivity index (χ1) is 10.7. The van der Waals surface area contributed by atoms with Gasteiger partial charge in [-0.25, -0.2) is 0 Å². The fourth-order valence-corrected chi connectivity index (χ4v) is 3.75. The lowest BCUT2D eigenvalue weighted by atomic mass is 9.93. The third-order valence-corrected chi connectivity index (χ3v) is 5.05. The Morgan fingerprint density at radius 2 is 1.79 bits per heavy atom. The summed E-state index contributed by atoms with van der Waals surface area (Å²) in [5.41, 5.74) is 1.25. The van der Waals surface area contributed by atoms with Crippen LogP contribution in [0.3, 0.4) is 0 Å². The van der Waals surface area contributed by atoms with Crippen molar-refractivity contribution >= 4 is 5.91 Å². The maximum atomic E-state index is 12.7. The van der Waals surface area contributed by atoms with Crippen molar-refractivity contribution < 1.29 is 9.90 Å². The van der Waals surface area contributed by atoms with Crippen molar-refractivity contribution in [2.75, 3.05) is 6.54 Å². The molecule has 2 fully saturated rings. The minimum Gasteiger partial charge on any atom is -0.393 e. The molecule has 1 aliphatic heterocycles. The standard InChI is InChI=1S/C19H26NO2.2CH2/c21-18-9-5-4-8-17(10-11-18)20-13-12-16(19(20)22)14-15-6-2-1-3-7-15;;/h1-3,6-8,16-18,21H,4-5,9-14H2;2*1H2. The van der Waals surface area contributed by atoms with E-state index < -0.39 is 0 Å². The summed E-state index contributed by atoms with van der Waals surface area (Å²) < 4.78 is 0. The number of aliphatic hydroxyl groups excluding tert-OH is 1. The highest BCUT2D eigenvalue weighted by atomic mass is 16.3. The van der Waals surface area contributed by atoms with E-state index in [1.165, 1.54) is 5.56 Å². The van der Waals surface area contributed by atoms with Gasteiger partial charge >= 0.3 is 0 Å². The van der Waals surface area contributed by atoms with E-state index in [4.69, 9.17) is 0 Å². The van der Waals surface area contributed by atoms with Gasteiger partial charge in [0.1, 0.15) is 0 Å². The van der Waals surface area contributed by atoms with Crippen LogP contribution in [0.25, 0.3) is 0 Å². The fraction of sp³-hybridized carbons (Fsp3) is 0.524. The minimum absolute atomic E-state index is 0. The molecule has 0 aromatic heterocycles. The molecule has 1 aliphatic carbocycles. The predicted molar refractivity (Wildman–Crippen MR) is 97.9 cm³/mol. The van der Waals surface area contributed by atoms with E-state index in [0.717, 1.165) is 51.5 Å². The first kappa shape index (κ1) is 20.7. The van der Waals surface area contributed by atoms with Gasteiger partial charge in [-0.05, 0) is 50.5 Å². The molecule has 1 aromatic rings. The molecule has 131 valence electrons. The average Bonchev–Trinajstić information content (AvgIpc) is 2.86. The fourth-order valence-electron chi connectivity index (χ4n) is 3.75. The quantitative estimate of drug-likeness (QED) is 0.920. The number of carbonyl (C=O) groups excluding carboxylic acids is 1. The molecule has 1 saturated carbocycles. The van der Waals surface area contributed by atoms with Crippen LogP contribution in [0, 0.1) is 27.2 Å². The zero-order valence-electron chi connectivity index (χ0n) is 14.6. The highest BCUT2D eigenvalue weighted by molar-refractivity contribution is 5.81. The Hall–Kier alpha value is -1.35. The number of carbonyl (C=O) groups is 1. The van der Waals surface area contributed by atoms with Gasteiger partial charge in [-0.1, -0.05) is 51.6 Å². The van der Waals surface area contributed by atoms with Crippen LogP contribution in [0.2, 0.25) is 0 Å². The lowest BCUT2D eigenvalue weighted by Gasteiger charge is -2.30. The van der Waals surface area contributed by atoms with Gasteiger partial charge in [0.2, 0.25) is 5.91 Å². The summed E-state index contributed by atoms with van der Waals surface area (Å²) in [5, 5.41) is 9.87. The Kier molecular flexibility index (Phi) is 8.47. The van der Waals surface area contributed by atoms with Gasteiger partial charge < -0.3 is 10.0 Å². The van der Waals surface area contributed by atoms with Crippen LogP contribution in [0.5, 0.6) is 0 Å². The summed E-state index contributed by atoms with van der Waals surface area (Å²) in [5.74, 6) is 0.436. The highest BCUT2D eigenvalue weighted by Gasteiger charge is 2.36. The van der Waals surface area contributed by atoms with Crippen molar-refractivity contribution in [3.8, 4) is 0 Å². The third kappa shape index (κ3) is 5.07. The zero-order chi connectivity index (χ0) is 15.4. The number of benzene rings is 1. The first-order valence-electron chi connectivity index (χ1n) is 8.60. The highest BCUT2D eigenvalue weighted by Crippen LogP contribution is 2.29. The van der Waals surface area contributed by atoms with E-state index in [9.17, 15) is 9.90 Å². The second-order valence-corrected chi connectivity index (χ2v) is 6.67. The molecule has 1 aromatic carbocycles. The molecule has 1 N–H and O–H groups in total. The van der Waals surface area contributed by atoms with Crippen molar-refractivity contribution in [3.63, 3.8) is 0 Å². The van der Waals surface area contributed by atoms with Crippen molar-refractivity contribution in [3.05, 3.63) is 57.2 Å². The average molecular weight is 328 g/mol. The van der Waals surface area contributed by atoms with Gasteiger partial charge in [-0.2, -0.15) is 0 Å². The number of aliphatic hydroxyl groups is 1. The summed E-state index contributed by atoms with van der Waals surface area (Å²) in [6.45, 7) is 0.869. The monoisotopic (exact) mass is 328 g/mol. The minimum atomic E-state index is -0.186. The van der Waals surface area contributed by atoms with Gasteiger partial charge in [0.05, 0.1) is 6.10 Å². The molecule has 3 unspecified atom stereocenters. The second kappa shape index (κ2) is 9.83. The molecular weight excluding hydrogens is 298 g/mol. The molecule has 3 rings (SSSR count). The van der Waals surface area contributed by atoms with E-state index >= 15 is 0 Å². The number of likely N-dealkylation sites (tertiary alicyclic amines) is 1. The van der Waals surface area contributed by atoms with E-state index in [1.54, 1.807) is 0 Å². The largest absolute Gasteiger partial charge is 0.393 e. The maximum Gasteiger partial charge on any atom is 0.226 e. The third-order valence-electron chi connectivity index (χ3n) is 5.05. The molecule has 1 amide bonds. The molecule has 2 aliphatic rings. The summed E-state index contributed by atoms with van der Waals surface area (Å²) in [6, 6.07) is 10.5. The van der Waals surface area contributed by atoms with E-state index in [1.807, 2.05) is 18.2 Å². The van der Waals surface area contributed by atoms with Gasteiger partial charge in [0, 0.05) is 18.5 Å².